The molecule has 4 rings (SSSR count). The highest BCUT2D eigenvalue weighted by molar-refractivity contribution is 7.92. The van der Waals surface area contributed by atoms with E-state index < -0.39 is 28.5 Å². The molecule has 3 aromatic carbocycles. The van der Waals surface area contributed by atoms with E-state index in [9.17, 15) is 18.0 Å². The van der Waals surface area contributed by atoms with Gasteiger partial charge in [-0.25, -0.2) is 8.42 Å². The normalized spacial score (nSPS) is 14.6. The smallest absolute Gasteiger partial charge is 0.264 e. The van der Waals surface area contributed by atoms with E-state index in [1.807, 2.05) is 44.2 Å². The molecule has 0 heterocycles. The van der Waals surface area contributed by atoms with E-state index in [0.717, 1.165) is 53.1 Å². The monoisotopic (exact) mass is 591 g/mol. The number of aryl methyl sites for hydroxylation is 2. The molecule has 0 aliphatic heterocycles. The molecule has 8 nitrogen and oxygen atoms in total. The van der Waals surface area contributed by atoms with Gasteiger partial charge in [0.05, 0.1) is 17.7 Å². The lowest BCUT2D eigenvalue weighted by Crippen LogP contribution is -2.53. The minimum atomic E-state index is -4.18. The Hall–Kier alpha value is -3.85. The molecule has 0 saturated heterocycles. The first-order valence-electron chi connectivity index (χ1n) is 14.5. The van der Waals surface area contributed by atoms with Gasteiger partial charge in [0, 0.05) is 12.6 Å². The van der Waals surface area contributed by atoms with Gasteiger partial charge in [0.15, 0.2) is 0 Å². The number of carbonyl (C=O) groups excluding carboxylic acids is 2. The minimum Gasteiger partial charge on any atom is -0.495 e. The Balaban J connectivity index is 1.73. The number of nitrogens with zero attached hydrogens (tertiary/aromatic N) is 2. The first-order valence-corrected chi connectivity index (χ1v) is 15.9. The zero-order valence-electron chi connectivity index (χ0n) is 24.9. The largest absolute Gasteiger partial charge is 0.495 e. The molecule has 1 N–H and O–H groups in total. The van der Waals surface area contributed by atoms with Crippen molar-refractivity contribution in [2.75, 3.05) is 18.0 Å². The maximum absolute atomic E-state index is 14.2. The summed E-state index contributed by atoms with van der Waals surface area (Å²) >= 11 is 0. The number of methoxy groups -OCH3 is 1. The fraction of sp³-hybridized carbons (Fsp3) is 0.394. The van der Waals surface area contributed by atoms with Crippen LogP contribution in [0.1, 0.15) is 55.7 Å². The molecule has 42 heavy (non-hydrogen) atoms. The molecule has 0 spiro atoms. The van der Waals surface area contributed by atoms with Crippen molar-refractivity contribution >= 4 is 27.5 Å². The van der Waals surface area contributed by atoms with Gasteiger partial charge in [-0.1, -0.05) is 67.8 Å². The van der Waals surface area contributed by atoms with Crippen molar-refractivity contribution in [3.05, 3.63) is 89.5 Å². The maximum atomic E-state index is 14.2. The number of sulfonamides is 1. The van der Waals surface area contributed by atoms with Crippen molar-refractivity contribution in [3.8, 4) is 5.75 Å². The van der Waals surface area contributed by atoms with Gasteiger partial charge in [-0.3, -0.25) is 13.9 Å². The van der Waals surface area contributed by atoms with Gasteiger partial charge in [0.1, 0.15) is 18.3 Å². The second kappa shape index (κ2) is 13.9. The van der Waals surface area contributed by atoms with E-state index in [2.05, 4.69) is 5.32 Å². The molecular formula is C33H41N3O5S. The summed E-state index contributed by atoms with van der Waals surface area (Å²) in [5, 5.41) is 3.14. The first kappa shape index (κ1) is 31.1. The number of hydrogen-bond acceptors (Lipinski definition) is 5. The Morgan fingerprint density at radius 2 is 1.62 bits per heavy atom. The summed E-state index contributed by atoms with van der Waals surface area (Å²) in [5.74, 6) is -0.413. The summed E-state index contributed by atoms with van der Waals surface area (Å²) in [6, 6.07) is 20.2. The quantitative estimate of drug-likeness (QED) is 0.323. The predicted molar refractivity (Wildman–Crippen MR) is 165 cm³/mol. The topological polar surface area (TPSA) is 96.0 Å². The van der Waals surface area contributed by atoms with Gasteiger partial charge in [0.25, 0.3) is 10.0 Å². The van der Waals surface area contributed by atoms with Crippen molar-refractivity contribution in [1.29, 1.82) is 0 Å². The minimum absolute atomic E-state index is 0.0508. The van der Waals surface area contributed by atoms with Crippen LogP contribution in [0.2, 0.25) is 0 Å². The van der Waals surface area contributed by atoms with E-state index in [0.29, 0.717) is 5.75 Å². The van der Waals surface area contributed by atoms with E-state index in [-0.39, 0.29) is 29.1 Å². The van der Waals surface area contributed by atoms with Crippen molar-refractivity contribution in [2.24, 2.45) is 0 Å². The van der Waals surface area contributed by atoms with Crippen molar-refractivity contribution in [3.63, 3.8) is 0 Å². The first-order chi connectivity index (χ1) is 20.1. The molecule has 0 bridgehead atoms. The highest BCUT2D eigenvalue weighted by atomic mass is 32.2. The van der Waals surface area contributed by atoms with Gasteiger partial charge in [0.2, 0.25) is 11.8 Å². The zero-order valence-corrected chi connectivity index (χ0v) is 25.7. The van der Waals surface area contributed by atoms with Crippen LogP contribution in [-0.4, -0.2) is 50.9 Å². The third-order valence-electron chi connectivity index (χ3n) is 7.93. The van der Waals surface area contributed by atoms with E-state index >= 15 is 0 Å². The molecule has 3 aromatic rings. The fourth-order valence-corrected chi connectivity index (χ4v) is 6.79. The number of benzene rings is 3. The van der Waals surface area contributed by atoms with Crippen LogP contribution < -0.4 is 14.4 Å². The summed E-state index contributed by atoms with van der Waals surface area (Å²) < 4.78 is 34.8. The fourth-order valence-electron chi connectivity index (χ4n) is 5.35. The predicted octanol–water partition coefficient (Wildman–Crippen LogP) is 5.37. The molecule has 9 heteroatoms. The lowest BCUT2D eigenvalue weighted by atomic mass is 9.95. The van der Waals surface area contributed by atoms with Gasteiger partial charge in [-0.15, -0.1) is 0 Å². The molecule has 0 radical (unpaired) electrons. The number of nitrogens with one attached hydrogen (secondary N) is 1. The number of rotatable bonds is 11. The van der Waals surface area contributed by atoms with Gasteiger partial charge < -0.3 is 15.0 Å². The molecule has 1 fully saturated rings. The Bertz CT molecular complexity index is 1490. The number of amides is 2. The Kier molecular flexibility index (Phi) is 10.3. The number of ether oxygens (including phenoxy) is 1. The van der Waals surface area contributed by atoms with E-state index in [4.69, 9.17) is 4.74 Å². The molecule has 1 aliphatic rings. The number of carbonyl (C=O) groups is 2. The van der Waals surface area contributed by atoms with Gasteiger partial charge in [-0.05, 0) is 74.6 Å². The van der Waals surface area contributed by atoms with Crippen LogP contribution in [0.15, 0.2) is 77.7 Å². The highest BCUT2D eigenvalue weighted by Gasteiger charge is 2.34. The van der Waals surface area contributed by atoms with Crippen LogP contribution in [0.4, 0.5) is 5.69 Å². The Morgan fingerprint density at radius 1 is 0.952 bits per heavy atom. The molecule has 1 aliphatic carbocycles. The van der Waals surface area contributed by atoms with Gasteiger partial charge >= 0.3 is 0 Å². The van der Waals surface area contributed by atoms with Crippen LogP contribution in [0, 0.1) is 13.8 Å². The van der Waals surface area contributed by atoms with E-state index in [1.54, 1.807) is 37.3 Å². The summed E-state index contributed by atoms with van der Waals surface area (Å²) in [7, 11) is -2.71. The standard InChI is InChI=1S/C33H41N3O5S/c1-24-19-20-31(41-4)30(21-24)36(42(39,40)29-17-9-6-10-18-29)23-32(37)35(22-27-14-12-11-13-25(27)2)26(3)33(38)34-28-15-7-5-8-16-28/h6,9-14,17-21,26,28H,5,7-8,15-16,22-23H2,1-4H3,(H,34,38). The van der Waals surface area contributed by atoms with Crippen LogP contribution in [0.3, 0.4) is 0 Å². The number of hydrogen-bond donors (Lipinski definition) is 1. The number of anilines is 1. The van der Waals surface area contributed by atoms with Crippen molar-refractivity contribution < 1.29 is 22.7 Å². The van der Waals surface area contributed by atoms with Gasteiger partial charge in [-0.2, -0.15) is 0 Å². The Labute approximate surface area is 249 Å². The third-order valence-corrected chi connectivity index (χ3v) is 9.71. The highest BCUT2D eigenvalue weighted by Crippen LogP contribution is 2.34. The molecule has 224 valence electrons. The lowest BCUT2D eigenvalue weighted by molar-refractivity contribution is -0.139. The summed E-state index contributed by atoms with van der Waals surface area (Å²) in [5.41, 5.74) is 2.92. The second-order valence-corrected chi connectivity index (χ2v) is 12.8. The summed E-state index contributed by atoms with van der Waals surface area (Å²) in [4.78, 5) is 29.3. The third kappa shape index (κ3) is 7.31. The molecular weight excluding hydrogens is 550 g/mol. The molecule has 0 aromatic heterocycles. The van der Waals surface area contributed by atoms with Crippen LogP contribution in [0.5, 0.6) is 5.75 Å². The summed E-state index contributed by atoms with van der Waals surface area (Å²) in [6.45, 7) is 5.16. The van der Waals surface area contributed by atoms with E-state index in [1.165, 1.54) is 24.1 Å². The molecule has 1 saturated carbocycles. The van der Waals surface area contributed by atoms with Crippen LogP contribution in [-0.2, 0) is 26.2 Å². The zero-order chi connectivity index (χ0) is 30.3. The maximum Gasteiger partial charge on any atom is 0.264 e. The Morgan fingerprint density at radius 3 is 2.29 bits per heavy atom. The SMILES string of the molecule is COc1ccc(C)cc1N(CC(=O)N(Cc1ccccc1C)C(C)C(=O)NC1CCCCC1)S(=O)(=O)c1ccccc1. The molecule has 2 amide bonds. The lowest BCUT2D eigenvalue weighted by Gasteiger charge is -2.34. The van der Waals surface area contributed by atoms with Crippen molar-refractivity contribution in [1.82, 2.24) is 10.2 Å². The molecule has 1 unspecified atom stereocenters. The van der Waals surface area contributed by atoms with Crippen molar-refractivity contribution in [2.45, 2.75) is 76.4 Å². The second-order valence-electron chi connectivity index (χ2n) is 11.0. The molecule has 1 atom stereocenters. The van der Waals surface area contributed by atoms with Crippen LogP contribution in [0.25, 0.3) is 0 Å². The average Bonchev–Trinajstić information content (AvgIpc) is 2.99. The van der Waals surface area contributed by atoms with Crippen LogP contribution >= 0.6 is 0 Å². The average molecular weight is 592 g/mol. The summed E-state index contributed by atoms with van der Waals surface area (Å²) in [6.07, 6.45) is 5.13.